The van der Waals surface area contributed by atoms with Crippen LogP contribution < -0.4 is 5.32 Å². The second kappa shape index (κ2) is 7.48. The summed E-state index contributed by atoms with van der Waals surface area (Å²) in [6.45, 7) is 8.98. The van der Waals surface area contributed by atoms with Crippen LogP contribution in [0.5, 0.6) is 0 Å². The van der Waals surface area contributed by atoms with Crippen molar-refractivity contribution >= 4 is 0 Å². The van der Waals surface area contributed by atoms with Crippen molar-refractivity contribution in [1.82, 2.24) is 10.2 Å². The van der Waals surface area contributed by atoms with Gasteiger partial charge in [-0.1, -0.05) is 13.8 Å². The summed E-state index contributed by atoms with van der Waals surface area (Å²) in [5, 5.41) is 3.55. The average Bonchev–Trinajstić information content (AvgIpc) is 2.32. The summed E-state index contributed by atoms with van der Waals surface area (Å²) in [5.74, 6) is 0.492. The second-order valence-corrected chi connectivity index (χ2v) is 5.70. The van der Waals surface area contributed by atoms with Gasteiger partial charge in [0.25, 0.3) is 0 Å². The normalized spacial score (nSPS) is 29.7. The van der Waals surface area contributed by atoms with Crippen LogP contribution in [0.2, 0.25) is 0 Å². The molecule has 1 fully saturated rings. The molecule has 0 spiro atoms. The molecule has 0 radical (unpaired) electrons. The zero-order valence-corrected chi connectivity index (χ0v) is 12.3. The number of hydrogen-bond donors (Lipinski definition) is 1. The third-order valence-corrected chi connectivity index (χ3v) is 4.26. The Kier molecular flexibility index (Phi) is 6.60. The van der Waals surface area contributed by atoms with Crippen LogP contribution >= 0.6 is 0 Å². The summed E-state index contributed by atoms with van der Waals surface area (Å²) < 4.78 is 36.5. The van der Waals surface area contributed by atoms with Crippen molar-refractivity contribution in [1.29, 1.82) is 0 Å². The fraction of sp³-hybridized carbons (Fsp3) is 1.00. The van der Waals surface area contributed by atoms with Gasteiger partial charge < -0.3 is 10.2 Å². The summed E-state index contributed by atoms with van der Waals surface area (Å²) in [5.41, 5.74) is 0. The highest BCUT2D eigenvalue weighted by molar-refractivity contribution is 4.88. The molecule has 1 aliphatic rings. The number of alkyl halides is 3. The first-order valence-electron chi connectivity index (χ1n) is 7.39. The van der Waals surface area contributed by atoms with Gasteiger partial charge in [-0.05, 0) is 51.7 Å². The molecule has 114 valence electrons. The van der Waals surface area contributed by atoms with Crippen LogP contribution in [0.1, 0.15) is 46.5 Å². The van der Waals surface area contributed by atoms with E-state index in [-0.39, 0.29) is 6.42 Å². The van der Waals surface area contributed by atoms with Crippen molar-refractivity contribution in [3.05, 3.63) is 0 Å². The van der Waals surface area contributed by atoms with Crippen LogP contribution in [0.3, 0.4) is 0 Å². The Bertz CT molecular complexity index is 256. The first-order chi connectivity index (χ1) is 8.85. The lowest BCUT2D eigenvalue weighted by atomic mass is 9.86. The molecule has 0 aromatic carbocycles. The van der Waals surface area contributed by atoms with Crippen LogP contribution in [0.15, 0.2) is 0 Å². The molecule has 1 N–H and O–H groups in total. The van der Waals surface area contributed by atoms with E-state index in [0.29, 0.717) is 24.5 Å². The monoisotopic (exact) mass is 280 g/mol. The SMILES string of the molecule is CCCNC1CCN(CCCC(F)(F)F)C(C)C1C. The van der Waals surface area contributed by atoms with Gasteiger partial charge in [0.2, 0.25) is 0 Å². The van der Waals surface area contributed by atoms with Gasteiger partial charge in [-0.2, -0.15) is 13.2 Å². The van der Waals surface area contributed by atoms with E-state index >= 15 is 0 Å². The fourth-order valence-corrected chi connectivity index (χ4v) is 2.86. The Balaban J connectivity index is 2.35. The number of halogens is 3. The maximum atomic E-state index is 12.2. The van der Waals surface area contributed by atoms with Crippen LogP contribution in [0.25, 0.3) is 0 Å². The predicted octanol–water partition coefficient (Wildman–Crippen LogP) is 3.43. The number of rotatable bonds is 6. The first kappa shape index (κ1) is 16.8. The van der Waals surface area contributed by atoms with Gasteiger partial charge in [-0.25, -0.2) is 0 Å². The molecule has 3 unspecified atom stereocenters. The minimum atomic E-state index is -4.02. The lowest BCUT2D eigenvalue weighted by molar-refractivity contribution is -0.136. The van der Waals surface area contributed by atoms with Crippen LogP contribution in [0.4, 0.5) is 13.2 Å². The first-order valence-corrected chi connectivity index (χ1v) is 7.39. The van der Waals surface area contributed by atoms with Crippen molar-refractivity contribution in [2.45, 2.75) is 64.7 Å². The molecule has 0 bridgehead atoms. The zero-order valence-electron chi connectivity index (χ0n) is 12.3. The molecule has 5 heteroatoms. The molecule has 0 aromatic rings. The van der Waals surface area contributed by atoms with Gasteiger partial charge in [-0.3, -0.25) is 0 Å². The molecular weight excluding hydrogens is 253 g/mol. The molecule has 19 heavy (non-hydrogen) atoms. The third-order valence-electron chi connectivity index (χ3n) is 4.26. The smallest absolute Gasteiger partial charge is 0.314 e. The molecule has 3 atom stereocenters. The lowest BCUT2D eigenvalue weighted by Gasteiger charge is -2.43. The van der Waals surface area contributed by atoms with E-state index in [1.807, 2.05) is 0 Å². The zero-order chi connectivity index (χ0) is 14.5. The molecule has 0 aliphatic carbocycles. The molecule has 1 heterocycles. The Morgan fingerprint density at radius 3 is 2.53 bits per heavy atom. The summed E-state index contributed by atoms with van der Waals surface area (Å²) >= 11 is 0. The maximum absolute atomic E-state index is 12.2. The standard InChI is InChI=1S/C14H27F3N2/c1-4-8-18-13-6-10-19(12(3)11(13)2)9-5-7-14(15,16)17/h11-13,18H,4-10H2,1-3H3. The fourth-order valence-electron chi connectivity index (χ4n) is 2.86. The highest BCUT2D eigenvalue weighted by Crippen LogP contribution is 2.26. The van der Waals surface area contributed by atoms with E-state index in [1.54, 1.807) is 0 Å². The summed E-state index contributed by atoms with van der Waals surface area (Å²) in [6, 6.07) is 0.866. The van der Waals surface area contributed by atoms with Crippen molar-refractivity contribution in [3.8, 4) is 0 Å². The Morgan fingerprint density at radius 1 is 1.26 bits per heavy atom. The quantitative estimate of drug-likeness (QED) is 0.802. The van der Waals surface area contributed by atoms with E-state index in [1.165, 1.54) is 0 Å². The van der Waals surface area contributed by atoms with Crippen LogP contribution in [-0.4, -0.2) is 42.8 Å². The minimum absolute atomic E-state index is 0.216. The molecule has 1 saturated heterocycles. The van der Waals surface area contributed by atoms with Crippen molar-refractivity contribution < 1.29 is 13.2 Å². The van der Waals surface area contributed by atoms with Gasteiger partial charge in [0, 0.05) is 18.5 Å². The van der Waals surface area contributed by atoms with Crippen molar-refractivity contribution in [2.24, 2.45) is 5.92 Å². The van der Waals surface area contributed by atoms with E-state index in [9.17, 15) is 13.2 Å². The van der Waals surface area contributed by atoms with E-state index in [0.717, 1.165) is 25.9 Å². The molecule has 1 rings (SSSR count). The summed E-state index contributed by atoms with van der Waals surface area (Å²) in [7, 11) is 0. The topological polar surface area (TPSA) is 15.3 Å². The van der Waals surface area contributed by atoms with E-state index < -0.39 is 12.6 Å². The van der Waals surface area contributed by atoms with Gasteiger partial charge in [0.05, 0.1) is 0 Å². The number of piperidine rings is 1. The Morgan fingerprint density at radius 2 is 1.95 bits per heavy atom. The molecule has 2 nitrogen and oxygen atoms in total. The number of hydrogen-bond acceptors (Lipinski definition) is 2. The number of nitrogens with one attached hydrogen (secondary N) is 1. The van der Waals surface area contributed by atoms with Gasteiger partial charge in [-0.15, -0.1) is 0 Å². The lowest BCUT2D eigenvalue weighted by Crippen LogP contribution is -2.53. The van der Waals surface area contributed by atoms with Gasteiger partial charge in [0.1, 0.15) is 0 Å². The van der Waals surface area contributed by atoms with Crippen molar-refractivity contribution in [3.63, 3.8) is 0 Å². The van der Waals surface area contributed by atoms with E-state index in [4.69, 9.17) is 0 Å². The largest absolute Gasteiger partial charge is 0.389 e. The molecular formula is C14H27F3N2. The van der Waals surface area contributed by atoms with E-state index in [2.05, 4.69) is 31.0 Å². The molecule has 1 aliphatic heterocycles. The number of nitrogens with zero attached hydrogens (tertiary/aromatic N) is 1. The highest BCUT2D eigenvalue weighted by Gasteiger charge is 2.32. The maximum Gasteiger partial charge on any atom is 0.389 e. The number of likely N-dealkylation sites (tertiary alicyclic amines) is 1. The summed E-state index contributed by atoms with van der Waals surface area (Å²) in [4.78, 5) is 2.21. The molecule has 0 saturated carbocycles. The van der Waals surface area contributed by atoms with Gasteiger partial charge in [0.15, 0.2) is 0 Å². The van der Waals surface area contributed by atoms with Crippen LogP contribution in [0, 0.1) is 5.92 Å². The summed E-state index contributed by atoms with van der Waals surface area (Å²) in [6.07, 6.45) is -2.31. The second-order valence-electron chi connectivity index (χ2n) is 5.70. The minimum Gasteiger partial charge on any atom is -0.314 e. The average molecular weight is 280 g/mol. The Hall–Kier alpha value is -0.290. The highest BCUT2D eigenvalue weighted by atomic mass is 19.4. The van der Waals surface area contributed by atoms with Crippen LogP contribution in [-0.2, 0) is 0 Å². The predicted molar refractivity (Wildman–Crippen MR) is 72.2 cm³/mol. The Labute approximate surface area is 114 Å². The van der Waals surface area contributed by atoms with Gasteiger partial charge >= 0.3 is 6.18 Å². The molecule has 0 amide bonds. The van der Waals surface area contributed by atoms with Crippen molar-refractivity contribution in [2.75, 3.05) is 19.6 Å². The molecule has 0 aromatic heterocycles. The third kappa shape index (κ3) is 5.69.